The predicted molar refractivity (Wildman–Crippen MR) is 81.2 cm³/mol. The van der Waals surface area contributed by atoms with Crippen molar-refractivity contribution in [2.75, 3.05) is 13.2 Å². The minimum absolute atomic E-state index is 0.0495. The van der Waals surface area contributed by atoms with Gasteiger partial charge in [-0.15, -0.1) is 0 Å². The molecule has 2 rings (SSSR count). The molecule has 1 aliphatic carbocycles. The first kappa shape index (κ1) is 16.2. The number of carbonyl (C=O) groups is 1. The molecule has 0 saturated heterocycles. The van der Waals surface area contributed by atoms with Gasteiger partial charge in [-0.1, -0.05) is 30.3 Å². The van der Waals surface area contributed by atoms with E-state index in [2.05, 4.69) is 5.32 Å². The first-order valence-corrected chi connectivity index (χ1v) is 8.76. The van der Waals surface area contributed by atoms with E-state index in [4.69, 9.17) is 9.05 Å². The van der Waals surface area contributed by atoms with E-state index in [-0.39, 0.29) is 25.0 Å². The highest BCUT2D eigenvalue weighted by molar-refractivity contribution is 7.56. The molecule has 1 aromatic carbocycles. The van der Waals surface area contributed by atoms with Crippen LogP contribution < -0.4 is 5.32 Å². The molecular formula is C15H22NO4P. The molecule has 0 radical (unpaired) electrons. The first-order chi connectivity index (χ1) is 9.99. The zero-order valence-corrected chi connectivity index (χ0v) is 13.6. The molecule has 0 aliphatic heterocycles. The van der Waals surface area contributed by atoms with Crippen molar-refractivity contribution in [1.29, 1.82) is 0 Å². The average molecular weight is 311 g/mol. The lowest BCUT2D eigenvalue weighted by molar-refractivity contribution is -0.119. The van der Waals surface area contributed by atoms with Gasteiger partial charge in [-0.25, -0.2) is 0 Å². The molecule has 116 valence electrons. The van der Waals surface area contributed by atoms with Crippen LogP contribution in [0, 0.1) is 0 Å². The molecule has 6 heteroatoms. The van der Waals surface area contributed by atoms with Crippen molar-refractivity contribution < 1.29 is 18.4 Å². The molecule has 1 aromatic rings. The van der Waals surface area contributed by atoms with Crippen LogP contribution >= 0.6 is 7.60 Å². The van der Waals surface area contributed by atoms with Crippen LogP contribution in [0.4, 0.5) is 0 Å². The molecule has 0 heterocycles. The Balaban J connectivity index is 2.36. The largest absolute Gasteiger partial charge is 0.356 e. The topological polar surface area (TPSA) is 64.6 Å². The highest BCUT2D eigenvalue weighted by Gasteiger charge is 2.69. The summed E-state index contributed by atoms with van der Waals surface area (Å²) in [5, 5.41) is 1.90. The molecule has 0 aromatic heterocycles. The van der Waals surface area contributed by atoms with Crippen molar-refractivity contribution in [1.82, 2.24) is 5.32 Å². The smallest absolute Gasteiger partial charge is 0.339 e. The Labute approximate surface area is 125 Å². The Kier molecular flexibility index (Phi) is 4.87. The second kappa shape index (κ2) is 6.30. The Morgan fingerprint density at radius 2 is 1.86 bits per heavy atom. The number of hydrogen-bond acceptors (Lipinski definition) is 4. The van der Waals surface area contributed by atoms with E-state index in [9.17, 15) is 9.36 Å². The van der Waals surface area contributed by atoms with Gasteiger partial charge in [0.1, 0.15) is 5.28 Å². The van der Waals surface area contributed by atoms with Crippen LogP contribution in [-0.2, 0) is 18.4 Å². The normalized spacial score (nSPS) is 24.6. The van der Waals surface area contributed by atoms with Crippen molar-refractivity contribution >= 4 is 13.5 Å². The van der Waals surface area contributed by atoms with Crippen LogP contribution in [0.3, 0.4) is 0 Å². The van der Waals surface area contributed by atoms with Gasteiger partial charge in [0.2, 0.25) is 5.91 Å². The standard InChI is InChI=1S/C15H22NO4P/c1-4-19-21(18,20-5-2)15(16-12(3)17)11-14(15)13-9-7-6-8-10-13/h6-10,14H,4-5,11H2,1-3H3,(H,16,17)/t14-,15-/m1/s1. The predicted octanol–water partition coefficient (Wildman–Crippen LogP) is 3.27. The van der Waals surface area contributed by atoms with E-state index in [0.29, 0.717) is 6.42 Å². The molecule has 5 nitrogen and oxygen atoms in total. The summed E-state index contributed by atoms with van der Waals surface area (Å²) in [6, 6.07) is 9.72. The Bertz CT molecular complexity index is 538. The lowest BCUT2D eigenvalue weighted by Gasteiger charge is -2.28. The van der Waals surface area contributed by atoms with Crippen molar-refractivity contribution in [2.24, 2.45) is 0 Å². The van der Waals surface area contributed by atoms with Gasteiger partial charge in [0.25, 0.3) is 0 Å². The van der Waals surface area contributed by atoms with Crippen LogP contribution in [0.25, 0.3) is 0 Å². The molecule has 1 saturated carbocycles. The molecule has 1 fully saturated rings. The van der Waals surface area contributed by atoms with Crippen LogP contribution in [0.15, 0.2) is 30.3 Å². The van der Waals surface area contributed by atoms with Crippen LogP contribution in [0.1, 0.15) is 38.7 Å². The molecule has 0 spiro atoms. The van der Waals surface area contributed by atoms with E-state index < -0.39 is 12.9 Å². The molecule has 1 N–H and O–H groups in total. The maximum absolute atomic E-state index is 13.2. The van der Waals surface area contributed by atoms with Crippen molar-refractivity contribution in [2.45, 2.75) is 38.4 Å². The van der Waals surface area contributed by atoms with E-state index in [1.807, 2.05) is 30.3 Å². The highest BCUT2D eigenvalue weighted by atomic mass is 31.2. The van der Waals surface area contributed by atoms with E-state index in [0.717, 1.165) is 5.56 Å². The van der Waals surface area contributed by atoms with E-state index in [1.54, 1.807) is 13.8 Å². The maximum atomic E-state index is 13.2. The summed E-state index contributed by atoms with van der Waals surface area (Å²) in [4.78, 5) is 11.6. The Morgan fingerprint density at radius 1 is 1.29 bits per heavy atom. The molecular weight excluding hydrogens is 289 g/mol. The van der Waals surface area contributed by atoms with Gasteiger partial charge in [-0.2, -0.15) is 0 Å². The molecule has 1 aliphatic rings. The van der Waals surface area contributed by atoms with Crippen LogP contribution in [-0.4, -0.2) is 24.4 Å². The fraction of sp³-hybridized carbons (Fsp3) is 0.533. The Morgan fingerprint density at radius 3 is 2.33 bits per heavy atom. The second-order valence-corrected chi connectivity index (χ2v) is 7.42. The van der Waals surface area contributed by atoms with E-state index >= 15 is 0 Å². The minimum Gasteiger partial charge on any atom is -0.339 e. The average Bonchev–Trinajstić information content (AvgIpc) is 3.16. The maximum Gasteiger partial charge on any atom is 0.356 e. The molecule has 2 atom stereocenters. The van der Waals surface area contributed by atoms with Gasteiger partial charge in [0.15, 0.2) is 0 Å². The first-order valence-electron chi connectivity index (χ1n) is 7.22. The zero-order chi connectivity index (χ0) is 15.5. The van der Waals surface area contributed by atoms with Gasteiger partial charge in [0, 0.05) is 12.8 Å². The SMILES string of the molecule is CCOP(=O)(OCC)[C@]1(NC(C)=O)C[C@@H]1c1ccccc1. The van der Waals surface area contributed by atoms with Crippen LogP contribution in [0.5, 0.6) is 0 Å². The summed E-state index contributed by atoms with van der Waals surface area (Å²) in [6.45, 7) is 5.52. The second-order valence-electron chi connectivity index (χ2n) is 5.11. The monoisotopic (exact) mass is 311 g/mol. The molecule has 0 bridgehead atoms. The van der Waals surface area contributed by atoms with Gasteiger partial charge in [-0.05, 0) is 25.8 Å². The fourth-order valence-electron chi connectivity index (χ4n) is 2.75. The minimum atomic E-state index is -3.42. The van der Waals surface area contributed by atoms with Gasteiger partial charge < -0.3 is 14.4 Å². The number of benzene rings is 1. The number of rotatable bonds is 7. The summed E-state index contributed by atoms with van der Waals surface area (Å²) >= 11 is 0. The zero-order valence-electron chi connectivity index (χ0n) is 12.7. The third kappa shape index (κ3) is 3.05. The van der Waals surface area contributed by atoms with Crippen molar-refractivity contribution in [3.8, 4) is 0 Å². The number of nitrogens with one attached hydrogen (secondary N) is 1. The molecule has 21 heavy (non-hydrogen) atoms. The summed E-state index contributed by atoms with van der Waals surface area (Å²) < 4.78 is 24.1. The highest BCUT2D eigenvalue weighted by Crippen LogP contribution is 2.75. The quantitative estimate of drug-likeness (QED) is 0.785. The van der Waals surface area contributed by atoms with Crippen molar-refractivity contribution in [3.63, 3.8) is 0 Å². The molecule has 0 unspecified atom stereocenters. The summed E-state index contributed by atoms with van der Waals surface area (Å²) in [7, 11) is -3.42. The summed E-state index contributed by atoms with van der Waals surface area (Å²) in [5.41, 5.74) is 1.03. The lowest BCUT2D eigenvalue weighted by atomic mass is 10.1. The van der Waals surface area contributed by atoms with Gasteiger partial charge in [0.05, 0.1) is 13.2 Å². The van der Waals surface area contributed by atoms with Crippen molar-refractivity contribution in [3.05, 3.63) is 35.9 Å². The summed E-state index contributed by atoms with van der Waals surface area (Å²) in [6.07, 6.45) is 0.563. The van der Waals surface area contributed by atoms with Gasteiger partial charge in [-0.3, -0.25) is 9.36 Å². The molecule has 1 amide bonds. The van der Waals surface area contributed by atoms with E-state index in [1.165, 1.54) is 6.92 Å². The lowest BCUT2D eigenvalue weighted by Crippen LogP contribution is -2.38. The third-order valence-corrected chi connectivity index (χ3v) is 6.39. The third-order valence-electron chi connectivity index (χ3n) is 3.61. The van der Waals surface area contributed by atoms with Crippen LogP contribution in [0.2, 0.25) is 0 Å². The number of amides is 1. The Hall–Kier alpha value is -1.16. The summed E-state index contributed by atoms with van der Waals surface area (Å²) in [5.74, 6) is -0.278. The van der Waals surface area contributed by atoms with Gasteiger partial charge >= 0.3 is 7.60 Å². The fourth-order valence-corrected chi connectivity index (χ4v) is 5.20. The number of hydrogen-bond donors (Lipinski definition) is 1. The number of carbonyl (C=O) groups excluding carboxylic acids is 1.